The minimum atomic E-state index is -0.826. The molecule has 2 heterocycles. The minimum absolute atomic E-state index is 0.223. The number of likely N-dealkylation sites (N-methyl/N-ethyl adjacent to an activating group) is 1. The van der Waals surface area contributed by atoms with Gasteiger partial charge in [0.05, 0.1) is 5.92 Å². The summed E-state index contributed by atoms with van der Waals surface area (Å²) in [4.78, 5) is 47.6. The summed E-state index contributed by atoms with van der Waals surface area (Å²) in [6, 6.07) is 10.3. The Labute approximate surface area is 214 Å². The van der Waals surface area contributed by atoms with Crippen LogP contribution in [0.2, 0.25) is 0 Å². The molecule has 1 aliphatic heterocycles. The number of hydrogen-bond donors (Lipinski definition) is 1. The van der Waals surface area contributed by atoms with Crippen LogP contribution in [0.15, 0.2) is 42.6 Å². The molecular formula is C29H38N4O3. The first-order valence-corrected chi connectivity index (χ1v) is 13.2. The fourth-order valence-corrected chi connectivity index (χ4v) is 6.01. The molecule has 3 atom stereocenters. The van der Waals surface area contributed by atoms with E-state index in [4.69, 9.17) is 5.73 Å². The molecule has 7 nitrogen and oxygen atoms in total. The van der Waals surface area contributed by atoms with Crippen molar-refractivity contribution in [2.24, 2.45) is 17.8 Å². The largest absolute Gasteiger partial charge is 0.384 e. The van der Waals surface area contributed by atoms with E-state index in [1.54, 1.807) is 30.3 Å². The molecule has 2 aliphatic rings. The number of aryl methyl sites for hydroxylation is 1. The lowest BCUT2D eigenvalue weighted by atomic mass is 9.76. The van der Waals surface area contributed by atoms with Crippen LogP contribution in [0.4, 0.5) is 11.5 Å². The number of carbonyl (C=O) groups is 3. The van der Waals surface area contributed by atoms with Crippen molar-refractivity contribution in [2.45, 2.75) is 71.3 Å². The van der Waals surface area contributed by atoms with Gasteiger partial charge in [-0.15, -0.1) is 0 Å². The lowest BCUT2D eigenvalue weighted by molar-refractivity contribution is -0.171. The maximum absolute atomic E-state index is 13.8. The van der Waals surface area contributed by atoms with Crippen molar-refractivity contribution in [3.05, 3.63) is 53.7 Å². The van der Waals surface area contributed by atoms with Gasteiger partial charge in [0, 0.05) is 25.4 Å². The number of hydrogen-bond acceptors (Lipinski definition) is 5. The van der Waals surface area contributed by atoms with Crippen molar-refractivity contribution >= 4 is 29.2 Å². The van der Waals surface area contributed by atoms with Gasteiger partial charge in [0.25, 0.3) is 5.91 Å². The summed E-state index contributed by atoms with van der Waals surface area (Å²) in [6.45, 7) is 4.07. The average molecular weight is 491 g/mol. The summed E-state index contributed by atoms with van der Waals surface area (Å²) < 4.78 is 0. The van der Waals surface area contributed by atoms with E-state index in [9.17, 15) is 14.4 Å². The number of para-hydroxylation sites is 1. The zero-order valence-electron chi connectivity index (χ0n) is 21.7. The molecule has 192 valence electrons. The van der Waals surface area contributed by atoms with Crippen molar-refractivity contribution in [1.82, 2.24) is 9.88 Å². The molecule has 4 rings (SSSR count). The summed E-state index contributed by atoms with van der Waals surface area (Å²) >= 11 is 0. The molecule has 7 heteroatoms. The van der Waals surface area contributed by atoms with E-state index in [0.29, 0.717) is 24.6 Å². The van der Waals surface area contributed by atoms with Crippen LogP contribution in [-0.4, -0.2) is 40.7 Å². The van der Waals surface area contributed by atoms with Crippen molar-refractivity contribution in [3.8, 4) is 0 Å². The van der Waals surface area contributed by atoms with Gasteiger partial charge in [-0.1, -0.05) is 63.6 Å². The summed E-state index contributed by atoms with van der Waals surface area (Å²) in [5, 5.41) is 0. The zero-order valence-corrected chi connectivity index (χ0v) is 21.7. The van der Waals surface area contributed by atoms with Crippen molar-refractivity contribution in [2.75, 3.05) is 17.7 Å². The van der Waals surface area contributed by atoms with Crippen molar-refractivity contribution in [1.29, 1.82) is 0 Å². The number of pyridine rings is 1. The Bertz CT molecular complexity index is 1110. The molecule has 3 amide bonds. The second-order valence-corrected chi connectivity index (χ2v) is 10.4. The number of nitrogens with zero attached hydrogens (tertiary/aromatic N) is 3. The lowest BCUT2D eigenvalue weighted by Gasteiger charge is -2.46. The van der Waals surface area contributed by atoms with Crippen LogP contribution in [0.1, 0.15) is 63.0 Å². The first kappa shape index (κ1) is 25.9. The van der Waals surface area contributed by atoms with E-state index in [1.807, 2.05) is 31.2 Å². The van der Waals surface area contributed by atoms with Crippen molar-refractivity contribution < 1.29 is 14.4 Å². The van der Waals surface area contributed by atoms with E-state index in [1.165, 1.54) is 24.2 Å². The number of nitrogens with two attached hydrogens (primary N) is 1. The standard InChI is InChI=1S/C29H38N4O3/c1-4-21(22-11-6-5-7-12-22)18-26(34)33-27(29(36)32(3)24-13-9-8-10-19(24)2)23(28(33)35)16-20-14-15-31-25(30)17-20/h8-10,13-15,17,21-23,27H,4-7,11-12,16,18H2,1-3H3,(H2,30,31)/t21-,23+,27-/m0/s1. The Morgan fingerprint density at radius 1 is 1.17 bits per heavy atom. The SMILES string of the molecule is CC[C@@H](CC(=O)N1C(=O)[C@H](Cc2ccnc(N)c2)[C@H]1C(=O)N(C)c1ccccc1C)C1CCCCC1. The van der Waals surface area contributed by atoms with Gasteiger partial charge in [-0.25, -0.2) is 4.98 Å². The first-order chi connectivity index (χ1) is 17.3. The fourth-order valence-electron chi connectivity index (χ4n) is 6.01. The summed E-state index contributed by atoms with van der Waals surface area (Å²) in [5.74, 6) is -0.215. The van der Waals surface area contributed by atoms with E-state index < -0.39 is 12.0 Å². The van der Waals surface area contributed by atoms with E-state index in [2.05, 4.69) is 11.9 Å². The Balaban J connectivity index is 1.58. The average Bonchev–Trinajstić information content (AvgIpc) is 2.88. The number of carbonyl (C=O) groups excluding carboxylic acids is 3. The third-order valence-corrected chi connectivity index (χ3v) is 8.12. The Morgan fingerprint density at radius 3 is 2.56 bits per heavy atom. The topological polar surface area (TPSA) is 96.6 Å². The summed E-state index contributed by atoms with van der Waals surface area (Å²) in [7, 11) is 1.72. The molecule has 1 aromatic carbocycles. The number of amides is 3. The molecule has 0 unspecified atom stereocenters. The first-order valence-electron chi connectivity index (χ1n) is 13.2. The van der Waals surface area contributed by atoms with Crippen LogP contribution in [-0.2, 0) is 20.8 Å². The molecule has 1 saturated heterocycles. The second kappa shape index (κ2) is 11.2. The van der Waals surface area contributed by atoms with Gasteiger partial charge < -0.3 is 10.6 Å². The molecule has 2 aromatic rings. The molecule has 2 fully saturated rings. The normalized spacial score (nSPS) is 21.1. The highest BCUT2D eigenvalue weighted by Crippen LogP contribution is 2.37. The molecule has 36 heavy (non-hydrogen) atoms. The maximum Gasteiger partial charge on any atom is 0.250 e. The van der Waals surface area contributed by atoms with Crippen LogP contribution < -0.4 is 10.6 Å². The second-order valence-electron chi connectivity index (χ2n) is 10.4. The van der Waals surface area contributed by atoms with Gasteiger partial charge in [0.15, 0.2) is 0 Å². The number of anilines is 2. The highest BCUT2D eigenvalue weighted by Gasteiger charge is 2.55. The Kier molecular flexibility index (Phi) is 8.07. The van der Waals surface area contributed by atoms with Crippen LogP contribution in [0, 0.1) is 24.7 Å². The third kappa shape index (κ3) is 5.30. The van der Waals surface area contributed by atoms with Gasteiger partial charge in [-0.05, 0) is 54.5 Å². The van der Waals surface area contributed by atoms with E-state index >= 15 is 0 Å². The number of aromatic nitrogens is 1. The molecule has 0 bridgehead atoms. The number of β-lactam (4-membered cyclic amide) rings is 1. The predicted octanol–water partition coefficient (Wildman–Crippen LogP) is 4.53. The van der Waals surface area contributed by atoms with Gasteiger partial charge in [0.2, 0.25) is 11.8 Å². The van der Waals surface area contributed by atoms with Crippen LogP contribution >= 0.6 is 0 Å². The van der Waals surface area contributed by atoms with Gasteiger partial charge in [-0.3, -0.25) is 19.3 Å². The fraction of sp³-hybridized carbons (Fsp3) is 0.517. The lowest BCUT2D eigenvalue weighted by Crippen LogP contribution is -2.69. The van der Waals surface area contributed by atoms with E-state index in [-0.39, 0.29) is 23.6 Å². The molecule has 1 aromatic heterocycles. The van der Waals surface area contributed by atoms with Gasteiger partial charge >= 0.3 is 0 Å². The van der Waals surface area contributed by atoms with Crippen LogP contribution in [0.5, 0.6) is 0 Å². The predicted molar refractivity (Wildman–Crippen MR) is 141 cm³/mol. The minimum Gasteiger partial charge on any atom is -0.384 e. The summed E-state index contributed by atoms with van der Waals surface area (Å²) in [5.41, 5.74) is 8.41. The molecule has 1 aliphatic carbocycles. The number of likely N-dealkylation sites (tertiary alicyclic amines) is 1. The zero-order chi connectivity index (χ0) is 25.8. The molecule has 1 saturated carbocycles. The highest BCUT2D eigenvalue weighted by atomic mass is 16.2. The Morgan fingerprint density at radius 2 is 1.89 bits per heavy atom. The highest BCUT2D eigenvalue weighted by molar-refractivity contribution is 6.13. The molecular weight excluding hydrogens is 452 g/mol. The third-order valence-electron chi connectivity index (χ3n) is 8.12. The number of benzene rings is 1. The van der Waals surface area contributed by atoms with E-state index in [0.717, 1.165) is 36.1 Å². The smallest absolute Gasteiger partial charge is 0.250 e. The van der Waals surface area contributed by atoms with Crippen LogP contribution in [0.3, 0.4) is 0 Å². The number of rotatable bonds is 8. The van der Waals surface area contributed by atoms with Gasteiger partial charge in [0.1, 0.15) is 11.9 Å². The Hall–Kier alpha value is -3.22. The van der Waals surface area contributed by atoms with Crippen LogP contribution in [0.25, 0.3) is 0 Å². The quantitative estimate of drug-likeness (QED) is 0.549. The number of nitrogen functional groups attached to an aromatic ring is 1. The monoisotopic (exact) mass is 490 g/mol. The molecule has 0 radical (unpaired) electrons. The summed E-state index contributed by atoms with van der Waals surface area (Å²) in [6.07, 6.45) is 9.12. The molecule has 2 N–H and O–H groups in total. The molecule has 0 spiro atoms. The number of imide groups is 1. The maximum atomic E-state index is 13.8. The van der Waals surface area contributed by atoms with Crippen molar-refractivity contribution in [3.63, 3.8) is 0 Å². The van der Waals surface area contributed by atoms with Gasteiger partial charge in [-0.2, -0.15) is 0 Å².